The van der Waals surface area contributed by atoms with Crippen molar-refractivity contribution >= 4 is 17.6 Å². The predicted octanol–water partition coefficient (Wildman–Crippen LogP) is 1.44. The molecule has 1 heterocycles. The van der Waals surface area contributed by atoms with Crippen LogP contribution in [0.3, 0.4) is 0 Å². The molecule has 1 saturated heterocycles. The molecule has 0 radical (unpaired) electrons. The molecule has 1 amide bonds. The van der Waals surface area contributed by atoms with Crippen LogP contribution in [0.2, 0.25) is 0 Å². The van der Waals surface area contributed by atoms with Crippen molar-refractivity contribution in [3.8, 4) is 0 Å². The number of amides is 1. The van der Waals surface area contributed by atoms with Gasteiger partial charge in [-0.15, -0.1) is 0 Å². The summed E-state index contributed by atoms with van der Waals surface area (Å²) in [4.78, 5) is 28.0. The van der Waals surface area contributed by atoms with Gasteiger partial charge in [0.15, 0.2) is 0 Å². The Labute approximate surface area is 137 Å². The molecule has 0 aliphatic carbocycles. The molecule has 0 atom stereocenters. The smallest absolute Gasteiger partial charge is 0.337 e. The van der Waals surface area contributed by atoms with E-state index >= 15 is 0 Å². The minimum Gasteiger partial charge on any atom is -0.465 e. The Balaban J connectivity index is 1.76. The average Bonchev–Trinajstić information content (AvgIpc) is 2.61. The first kappa shape index (κ1) is 17.3. The number of nitrogens with zero attached hydrogens (tertiary/aromatic N) is 2. The van der Waals surface area contributed by atoms with Gasteiger partial charge in [0.25, 0.3) is 0 Å². The quantitative estimate of drug-likeness (QED) is 0.804. The van der Waals surface area contributed by atoms with Crippen molar-refractivity contribution in [3.05, 3.63) is 29.8 Å². The van der Waals surface area contributed by atoms with E-state index in [0.29, 0.717) is 18.5 Å². The van der Waals surface area contributed by atoms with Crippen LogP contribution in [-0.4, -0.2) is 68.1 Å². The van der Waals surface area contributed by atoms with Crippen molar-refractivity contribution in [1.82, 2.24) is 9.80 Å². The van der Waals surface area contributed by atoms with Crippen LogP contribution in [0.15, 0.2) is 24.3 Å². The van der Waals surface area contributed by atoms with E-state index in [9.17, 15) is 9.59 Å². The molecular formula is C17H25N3O3. The number of hydrogen-bond donors (Lipinski definition) is 1. The minimum atomic E-state index is -0.362. The summed E-state index contributed by atoms with van der Waals surface area (Å²) < 4.78 is 4.70. The Morgan fingerprint density at radius 1 is 1.22 bits per heavy atom. The summed E-state index contributed by atoms with van der Waals surface area (Å²) in [6.07, 6.45) is 0.453. The van der Waals surface area contributed by atoms with Crippen LogP contribution < -0.4 is 5.32 Å². The van der Waals surface area contributed by atoms with Gasteiger partial charge in [-0.05, 0) is 24.7 Å². The summed E-state index contributed by atoms with van der Waals surface area (Å²) in [7, 11) is 1.36. The molecule has 0 aromatic heterocycles. The SMILES string of the molecule is CCN1CCN(C(=O)CCNc2cccc(C(=O)OC)c2)CC1. The number of piperazine rings is 1. The lowest BCUT2D eigenvalue weighted by Crippen LogP contribution is -2.48. The Bertz CT molecular complexity index is 540. The number of likely N-dealkylation sites (N-methyl/N-ethyl adjacent to an activating group) is 1. The van der Waals surface area contributed by atoms with E-state index in [1.807, 2.05) is 11.0 Å². The van der Waals surface area contributed by atoms with Gasteiger partial charge in [0.1, 0.15) is 0 Å². The predicted molar refractivity (Wildman–Crippen MR) is 89.6 cm³/mol. The van der Waals surface area contributed by atoms with Crippen LogP contribution in [0.1, 0.15) is 23.7 Å². The van der Waals surface area contributed by atoms with Gasteiger partial charge in [0, 0.05) is 44.8 Å². The van der Waals surface area contributed by atoms with Gasteiger partial charge in [-0.25, -0.2) is 4.79 Å². The second-order valence-corrected chi connectivity index (χ2v) is 5.56. The Morgan fingerprint density at radius 3 is 2.61 bits per heavy atom. The van der Waals surface area contributed by atoms with Crippen molar-refractivity contribution in [1.29, 1.82) is 0 Å². The van der Waals surface area contributed by atoms with E-state index in [1.165, 1.54) is 7.11 Å². The normalized spacial score (nSPS) is 15.3. The van der Waals surface area contributed by atoms with Gasteiger partial charge >= 0.3 is 5.97 Å². The number of nitrogens with one attached hydrogen (secondary N) is 1. The highest BCUT2D eigenvalue weighted by Gasteiger charge is 2.19. The highest BCUT2D eigenvalue weighted by Crippen LogP contribution is 2.12. The molecule has 126 valence electrons. The second-order valence-electron chi connectivity index (χ2n) is 5.56. The molecule has 0 bridgehead atoms. The molecule has 6 nitrogen and oxygen atoms in total. The van der Waals surface area contributed by atoms with Gasteiger partial charge < -0.3 is 19.9 Å². The largest absolute Gasteiger partial charge is 0.465 e. The third kappa shape index (κ3) is 4.96. The highest BCUT2D eigenvalue weighted by molar-refractivity contribution is 5.90. The second kappa shape index (κ2) is 8.53. The van der Waals surface area contributed by atoms with Crippen molar-refractivity contribution in [2.45, 2.75) is 13.3 Å². The Hall–Kier alpha value is -2.08. The molecule has 1 fully saturated rings. The molecule has 1 aliphatic rings. The maximum atomic E-state index is 12.2. The fraction of sp³-hybridized carbons (Fsp3) is 0.529. The zero-order valence-corrected chi connectivity index (χ0v) is 13.9. The van der Waals surface area contributed by atoms with Crippen LogP contribution >= 0.6 is 0 Å². The number of methoxy groups -OCH3 is 1. The van der Waals surface area contributed by atoms with Gasteiger partial charge in [-0.1, -0.05) is 13.0 Å². The number of carbonyl (C=O) groups is 2. The lowest BCUT2D eigenvalue weighted by atomic mass is 10.2. The number of esters is 1. The summed E-state index contributed by atoms with van der Waals surface area (Å²) in [6.45, 7) is 7.27. The van der Waals surface area contributed by atoms with Crippen LogP contribution in [0.5, 0.6) is 0 Å². The standard InChI is InChI=1S/C17H25N3O3/c1-3-19-9-11-20(12-10-19)16(21)7-8-18-15-6-4-5-14(13-15)17(22)23-2/h4-6,13,18H,3,7-12H2,1-2H3. The van der Waals surface area contributed by atoms with E-state index in [4.69, 9.17) is 4.74 Å². The number of hydrogen-bond acceptors (Lipinski definition) is 5. The van der Waals surface area contributed by atoms with Crippen LogP contribution in [0.4, 0.5) is 5.69 Å². The monoisotopic (exact) mass is 319 g/mol. The number of carbonyl (C=O) groups excluding carboxylic acids is 2. The fourth-order valence-electron chi connectivity index (χ4n) is 2.66. The van der Waals surface area contributed by atoms with Crippen LogP contribution in [-0.2, 0) is 9.53 Å². The average molecular weight is 319 g/mol. The summed E-state index contributed by atoms with van der Waals surface area (Å²) in [5, 5.41) is 3.19. The molecule has 0 saturated carbocycles. The Morgan fingerprint density at radius 2 is 1.96 bits per heavy atom. The maximum Gasteiger partial charge on any atom is 0.337 e. The van der Waals surface area contributed by atoms with Crippen molar-refractivity contribution in [3.63, 3.8) is 0 Å². The molecule has 23 heavy (non-hydrogen) atoms. The zero-order chi connectivity index (χ0) is 16.7. The first-order chi connectivity index (χ1) is 11.1. The minimum absolute atomic E-state index is 0.178. The highest BCUT2D eigenvalue weighted by atomic mass is 16.5. The summed E-state index contributed by atoms with van der Waals surface area (Å²) in [5.74, 6) is -0.184. The molecule has 1 aromatic carbocycles. The molecule has 2 rings (SSSR count). The molecule has 1 aromatic rings. The van der Waals surface area contributed by atoms with Crippen molar-refractivity contribution in [2.75, 3.05) is 51.7 Å². The molecule has 0 spiro atoms. The van der Waals surface area contributed by atoms with E-state index in [1.54, 1.807) is 18.2 Å². The van der Waals surface area contributed by atoms with E-state index in [-0.39, 0.29) is 11.9 Å². The Kier molecular flexibility index (Phi) is 6.40. The fourth-order valence-corrected chi connectivity index (χ4v) is 2.66. The first-order valence-corrected chi connectivity index (χ1v) is 8.06. The lowest BCUT2D eigenvalue weighted by Gasteiger charge is -2.34. The maximum absolute atomic E-state index is 12.2. The number of rotatable bonds is 6. The molecule has 0 unspecified atom stereocenters. The van der Waals surface area contributed by atoms with Crippen LogP contribution in [0.25, 0.3) is 0 Å². The molecule has 1 N–H and O–H groups in total. The van der Waals surface area contributed by atoms with E-state index in [2.05, 4.69) is 17.1 Å². The number of anilines is 1. The third-order valence-corrected chi connectivity index (χ3v) is 4.12. The van der Waals surface area contributed by atoms with Gasteiger partial charge in [-0.2, -0.15) is 0 Å². The third-order valence-electron chi connectivity index (χ3n) is 4.12. The van der Waals surface area contributed by atoms with Crippen molar-refractivity contribution in [2.24, 2.45) is 0 Å². The first-order valence-electron chi connectivity index (χ1n) is 8.06. The topological polar surface area (TPSA) is 61.9 Å². The van der Waals surface area contributed by atoms with Crippen LogP contribution in [0, 0.1) is 0 Å². The van der Waals surface area contributed by atoms with Gasteiger partial charge in [0.05, 0.1) is 12.7 Å². The molecular weight excluding hydrogens is 294 g/mol. The summed E-state index contributed by atoms with van der Waals surface area (Å²) in [6, 6.07) is 7.10. The van der Waals surface area contributed by atoms with Gasteiger partial charge in [0.2, 0.25) is 5.91 Å². The number of benzene rings is 1. The summed E-state index contributed by atoms with van der Waals surface area (Å²) in [5.41, 5.74) is 1.32. The number of ether oxygens (including phenoxy) is 1. The molecule has 1 aliphatic heterocycles. The molecule has 6 heteroatoms. The van der Waals surface area contributed by atoms with E-state index in [0.717, 1.165) is 38.4 Å². The summed E-state index contributed by atoms with van der Waals surface area (Å²) >= 11 is 0. The van der Waals surface area contributed by atoms with Gasteiger partial charge in [-0.3, -0.25) is 4.79 Å². The van der Waals surface area contributed by atoms with E-state index < -0.39 is 0 Å². The van der Waals surface area contributed by atoms with Crippen molar-refractivity contribution < 1.29 is 14.3 Å². The lowest BCUT2D eigenvalue weighted by molar-refractivity contribution is -0.132. The zero-order valence-electron chi connectivity index (χ0n) is 13.9.